The summed E-state index contributed by atoms with van der Waals surface area (Å²) in [6.45, 7) is 0. The average Bonchev–Trinajstić information content (AvgIpc) is 3.37. The molecule has 2 heterocycles. The predicted molar refractivity (Wildman–Crippen MR) is 136 cm³/mol. The van der Waals surface area contributed by atoms with Crippen molar-refractivity contribution in [3.05, 3.63) is 120 Å². The third kappa shape index (κ3) is 4.59. The Morgan fingerprint density at radius 1 is 0.806 bits per heavy atom. The topological polar surface area (TPSA) is 128 Å². The minimum Gasteiger partial charge on any atom is -0.323 e. The highest BCUT2D eigenvalue weighted by Gasteiger charge is 2.20. The van der Waals surface area contributed by atoms with Crippen molar-refractivity contribution >= 4 is 23.3 Å². The number of nitrogens with zero attached hydrogens (tertiary/aromatic N) is 4. The van der Waals surface area contributed by atoms with Crippen molar-refractivity contribution in [2.75, 3.05) is 5.32 Å². The summed E-state index contributed by atoms with van der Waals surface area (Å²) < 4.78 is 1.64. The molecular formula is C27H21N7O2. The molecule has 3 aromatic carbocycles. The number of hydrogen-bond acceptors (Lipinski definition) is 7. The van der Waals surface area contributed by atoms with Crippen LogP contribution in [0.5, 0.6) is 0 Å². The lowest BCUT2D eigenvalue weighted by atomic mass is 9.97. The molecule has 0 radical (unpaired) electrons. The predicted octanol–water partition coefficient (Wildman–Crippen LogP) is 3.91. The number of aromatic nitrogens is 4. The molecule has 0 spiro atoms. The molecule has 0 fully saturated rings. The largest absolute Gasteiger partial charge is 0.323 e. The Bertz CT molecular complexity index is 1460. The molecule has 9 heteroatoms. The zero-order valence-electron chi connectivity index (χ0n) is 19.0. The number of nitrogen functional groups attached to an aromatic ring is 1. The molecule has 5 rings (SSSR count). The summed E-state index contributed by atoms with van der Waals surface area (Å²) in [5.41, 5.74) is 4.29. The molecule has 0 saturated carbocycles. The Kier molecular flexibility index (Phi) is 6.29. The van der Waals surface area contributed by atoms with Crippen LogP contribution in [0.3, 0.4) is 0 Å². The number of anilines is 2. The standard InChI is InChI=1S/C27H21N7O2/c28-32-26(36)21-15-14-20(17-22(21)24(35)18-9-3-1-4-10-18)30-27-31-25(19-11-5-2-6-12-19)34(33-27)23-13-7-8-16-29-23/h1-17H,28H2,(H,30,33)(H,32,36). The number of benzene rings is 3. The minimum absolute atomic E-state index is 0.161. The van der Waals surface area contributed by atoms with E-state index in [1.165, 1.54) is 6.07 Å². The second kappa shape index (κ2) is 10.00. The normalized spacial score (nSPS) is 10.6. The number of carbonyl (C=O) groups is 2. The molecule has 0 aliphatic heterocycles. The van der Waals surface area contributed by atoms with Gasteiger partial charge in [0, 0.05) is 28.6 Å². The molecule has 0 aliphatic rings. The number of rotatable bonds is 7. The maximum Gasteiger partial charge on any atom is 0.265 e. The lowest BCUT2D eigenvalue weighted by molar-refractivity contribution is 0.0942. The first-order chi connectivity index (χ1) is 17.6. The zero-order valence-corrected chi connectivity index (χ0v) is 19.0. The summed E-state index contributed by atoms with van der Waals surface area (Å²) in [6, 6.07) is 28.7. The second-order valence-electron chi connectivity index (χ2n) is 7.78. The van der Waals surface area contributed by atoms with E-state index in [0.29, 0.717) is 28.8 Å². The van der Waals surface area contributed by atoms with E-state index in [9.17, 15) is 9.59 Å². The fourth-order valence-corrected chi connectivity index (χ4v) is 3.74. The van der Waals surface area contributed by atoms with Gasteiger partial charge in [0.05, 0.1) is 5.56 Å². The van der Waals surface area contributed by atoms with Crippen molar-refractivity contribution < 1.29 is 9.59 Å². The summed E-state index contributed by atoms with van der Waals surface area (Å²) in [5, 5.41) is 7.76. The molecule has 0 aliphatic carbocycles. The van der Waals surface area contributed by atoms with Gasteiger partial charge in [-0.2, -0.15) is 9.67 Å². The molecule has 4 N–H and O–H groups in total. The van der Waals surface area contributed by atoms with Crippen LogP contribution in [0.2, 0.25) is 0 Å². The van der Waals surface area contributed by atoms with E-state index in [0.717, 1.165) is 5.56 Å². The highest BCUT2D eigenvalue weighted by Crippen LogP contribution is 2.25. The number of hydrazine groups is 1. The molecular weight excluding hydrogens is 454 g/mol. The summed E-state index contributed by atoms with van der Waals surface area (Å²) in [5.74, 6) is 5.97. The third-order valence-electron chi connectivity index (χ3n) is 5.44. The molecule has 2 aromatic heterocycles. The van der Waals surface area contributed by atoms with E-state index in [2.05, 4.69) is 25.8 Å². The Labute approximate surface area is 206 Å². The molecule has 0 saturated heterocycles. The monoisotopic (exact) mass is 475 g/mol. The smallest absolute Gasteiger partial charge is 0.265 e. The van der Waals surface area contributed by atoms with Crippen molar-refractivity contribution in [2.45, 2.75) is 0 Å². The summed E-state index contributed by atoms with van der Waals surface area (Å²) in [4.78, 5) is 34.7. The average molecular weight is 476 g/mol. The van der Waals surface area contributed by atoms with Crippen LogP contribution < -0.4 is 16.6 Å². The van der Waals surface area contributed by atoms with Crippen molar-refractivity contribution in [2.24, 2.45) is 5.84 Å². The first-order valence-corrected chi connectivity index (χ1v) is 11.1. The number of amides is 1. The van der Waals surface area contributed by atoms with Crippen LogP contribution in [0.4, 0.5) is 11.6 Å². The van der Waals surface area contributed by atoms with E-state index in [4.69, 9.17) is 5.84 Å². The van der Waals surface area contributed by atoms with Gasteiger partial charge in [-0.15, -0.1) is 5.10 Å². The summed E-state index contributed by atoms with van der Waals surface area (Å²) in [7, 11) is 0. The quantitative estimate of drug-likeness (QED) is 0.141. The molecule has 176 valence electrons. The first-order valence-electron chi connectivity index (χ1n) is 11.1. The van der Waals surface area contributed by atoms with Crippen molar-refractivity contribution in [3.63, 3.8) is 0 Å². The van der Waals surface area contributed by atoms with Gasteiger partial charge in [0.15, 0.2) is 17.4 Å². The number of hydrogen-bond donors (Lipinski definition) is 3. The highest BCUT2D eigenvalue weighted by atomic mass is 16.2. The Hall–Kier alpha value is -5.15. The first kappa shape index (κ1) is 22.6. The zero-order chi connectivity index (χ0) is 24.9. The van der Waals surface area contributed by atoms with E-state index in [1.807, 2.05) is 54.6 Å². The van der Waals surface area contributed by atoms with Gasteiger partial charge in [-0.25, -0.2) is 10.8 Å². The van der Waals surface area contributed by atoms with Gasteiger partial charge in [0.25, 0.3) is 5.91 Å². The summed E-state index contributed by atoms with van der Waals surface area (Å²) in [6.07, 6.45) is 1.68. The Morgan fingerprint density at radius 2 is 1.53 bits per heavy atom. The van der Waals surface area contributed by atoms with Gasteiger partial charge < -0.3 is 5.32 Å². The number of nitrogens with two attached hydrogens (primary N) is 1. The molecule has 5 aromatic rings. The van der Waals surface area contributed by atoms with Gasteiger partial charge in [0.2, 0.25) is 5.95 Å². The van der Waals surface area contributed by atoms with Crippen LogP contribution in [0.25, 0.3) is 17.2 Å². The van der Waals surface area contributed by atoms with Crippen LogP contribution >= 0.6 is 0 Å². The van der Waals surface area contributed by atoms with Crippen molar-refractivity contribution in [1.82, 2.24) is 25.2 Å². The van der Waals surface area contributed by atoms with Crippen LogP contribution in [-0.2, 0) is 0 Å². The van der Waals surface area contributed by atoms with E-state index in [1.54, 1.807) is 47.3 Å². The lowest BCUT2D eigenvalue weighted by Crippen LogP contribution is -2.31. The number of pyridine rings is 1. The lowest BCUT2D eigenvalue weighted by Gasteiger charge is -2.10. The highest BCUT2D eigenvalue weighted by molar-refractivity contribution is 6.15. The number of nitrogens with one attached hydrogen (secondary N) is 2. The second-order valence-corrected chi connectivity index (χ2v) is 7.78. The molecule has 0 atom stereocenters. The number of ketones is 1. The van der Waals surface area contributed by atoms with E-state index in [-0.39, 0.29) is 16.9 Å². The van der Waals surface area contributed by atoms with Crippen LogP contribution in [-0.4, -0.2) is 31.4 Å². The Morgan fingerprint density at radius 3 is 2.22 bits per heavy atom. The van der Waals surface area contributed by atoms with Gasteiger partial charge in [-0.05, 0) is 30.3 Å². The van der Waals surface area contributed by atoms with Crippen LogP contribution in [0.15, 0.2) is 103 Å². The fourth-order valence-electron chi connectivity index (χ4n) is 3.74. The van der Waals surface area contributed by atoms with Crippen molar-refractivity contribution in [3.8, 4) is 17.2 Å². The molecule has 36 heavy (non-hydrogen) atoms. The van der Waals surface area contributed by atoms with Gasteiger partial charge in [-0.1, -0.05) is 66.7 Å². The minimum atomic E-state index is -0.565. The Balaban J connectivity index is 1.55. The molecule has 9 nitrogen and oxygen atoms in total. The van der Waals surface area contributed by atoms with E-state index >= 15 is 0 Å². The number of carbonyl (C=O) groups excluding carboxylic acids is 2. The van der Waals surface area contributed by atoms with E-state index < -0.39 is 5.91 Å². The van der Waals surface area contributed by atoms with Crippen LogP contribution in [0, 0.1) is 0 Å². The molecule has 1 amide bonds. The maximum absolute atomic E-state index is 13.2. The molecule has 0 unspecified atom stereocenters. The SMILES string of the molecule is NNC(=O)c1ccc(Nc2nc(-c3ccccc3)n(-c3ccccn3)n2)cc1C(=O)c1ccccc1. The fraction of sp³-hybridized carbons (Fsp3) is 0. The van der Waals surface area contributed by atoms with Gasteiger partial charge >= 0.3 is 0 Å². The van der Waals surface area contributed by atoms with Gasteiger partial charge in [-0.3, -0.25) is 15.0 Å². The third-order valence-corrected chi connectivity index (χ3v) is 5.44. The maximum atomic E-state index is 13.2. The van der Waals surface area contributed by atoms with Gasteiger partial charge in [0.1, 0.15) is 0 Å². The summed E-state index contributed by atoms with van der Waals surface area (Å²) >= 11 is 0. The van der Waals surface area contributed by atoms with Crippen LogP contribution in [0.1, 0.15) is 26.3 Å². The molecule has 0 bridgehead atoms. The van der Waals surface area contributed by atoms with Crippen molar-refractivity contribution in [1.29, 1.82) is 0 Å².